The smallest absolute Gasteiger partial charge is 0.0548 e. The van der Waals surface area contributed by atoms with E-state index in [1.54, 1.807) is 0 Å². The van der Waals surface area contributed by atoms with Gasteiger partial charge in [0.1, 0.15) is 0 Å². The van der Waals surface area contributed by atoms with Crippen molar-refractivity contribution < 1.29 is 0 Å². The molecule has 0 saturated heterocycles. The molecular formula is C45H31N4S-. The molecule has 238 valence electrons. The Labute approximate surface area is 294 Å². The fraction of sp³-hybridized carbons (Fsp3) is 0.0444. The van der Waals surface area contributed by atoms with Crippen LogP contribution in [0.15, 0.2) is 175 Å². The van der Waals surface area contributed by atoms with Crippen LogP contribution >= 0.6 is 11.3 Å². The number of fused-ring (bicyclic) bond motifs is 6. The molecule has 2 unspecified atom stereocenters. The number of nitrogens with zero attached hydrogens (tertiary/aromatic N) is 3. The maximum atomic E-state index is 5.12. The van der Waals surface area contributed by atoms with Crippen molar-refractivity contribution >= 4 is 59.2 Å². The van der Waals surface area contributed by atoms with E-state index in [1.165, 1.54) is 53.1 Å². The maximum absolute atomic E-state index is 5.12. The van der Waals surface area contributed by atoms with Crippen molar-refractivity contribution in [1.82, 2.24) is 9.88 Å². The van der Waals surface area contributed by atoms with Crippen LogP contribution in [-0.2, 0) is 0 Å². The van der Waals surface area contributed by atoms with Gasteiger partial charge in [-0.05, 0) is 70.3 Å². The summed E-state index contributed by atoms with van der Waals surface area (Å²) in [4.78, 5) is 5.12. The Morgan fingerprint density at radius 2 is 1.18 bits per heavy atom. The summed E-state index contributed by atoms with van der Waals surface area (Å²) in [6.45, 7) is 0. The molecule has 1 aliphatic heterocycles. The van der Waals surface area contributed by atoms with Gasteiger partial charge in [0.05, 0.1) is 11.0 Å². The van der Waals surface area contributed by atoms with E-state index in [4.69, 9.17) is 10.3 Å². The fourth-order valence-corrected chi connectivity index (χ4v) is 8.47. The molecular weight excluding hydrogens is 629 g/mol. The van der Waals surface area contributed by atoms with Crippen LogP contribution in [0, 0.1) is 0 Å². The lowest BCUT2D eigenvalue weighted by molar-refractivity contribution is 0.488. The van der Waals surface area contributed by atoms with Crippen molar-refractivity contribution in [1.29, 1.82) is 0 Å². The summed E-state index contributed by atoms with van der Waals surface area (Å²) < 4.78 is 5.05. The summed E-state index contributed by atoms with van der Waals surface area (Å²) in [5, 5.41) is 13.8. The molecule has 10 rings (SSSR count). The number of benzene rings is 7. The minimum absolute atomic E-state index is 0.201. The van der Waals surface area contributed by atoms with Crippen molar-refractivity contribution in [3.63, 3.8) is 0 Å². The number of thiophene rings is 1. The molecule has 0 aliphatic carbocycles. The van der Waals surface area contributed by atoms with Gasteiger partial charge >= 0.3 is 0 Å². The van der Waals surface area contributed by atoms with E-state index in [1.807, 2.05) is 35.6 Å². The van der Waals surface area contributed by atoms with Crippen LogP contribution in [0.3, 0.4) is 0 Å². The summed E-state index contributed by atoms with van der Waals surface area (Å²) in [5.41, 5.74) is 9.18. The van der Waals surface area contributed by atoms with Crippen LogP contribution in [0.1, 0.15) is 29.0 Å². The van der Waals surface area contributed by atoms with Gasteiger partial charge in [-0.2, -0.15) is 0 Å². The molecule has 3 heterocycles. The highest BCUT2D eigenvalue weighted by Crippen LogP contribution is 2.42. The standard InChI is InChI=1S/C45H31N4S/c1-4-12-29(13-5-1)33-22-25-39-36(26-33)37-28-42-38(35-18-10-11-19-41(35)50-42)27-40(37)49(39)34-23-20-32(21-24-34)45-47-43(30-14-6-2-7-15-30)46-44(48-45)31-16-8-3-9-17-31/h1-28,43,45,47H/q-1. The largest absolute Gasteiger partial charge is 0.445 e. The SMILES string of the molecule is c1ccc(C2=NC(c3ccc(-n4c5ccc(-c6ccccc6)cc5c5cc6sc7ccccc7c6cc54)cc3)NC(c3ccccc3)[N-]2)cc1. The number of aromatic nitrogens is 1. The van der Waals surface area contributed by atoms with Crippen LogP contribution in [0.5, 0.6) is 0 Å². The summed E-state index contributed by atoms with van der Waals surface area (Å²) in [6, 6.07) is 60.6. The molecule has 2 atom stereocenters. The number of hydrogen-bond acceptors (Lipinski definition) is 3. The molecule has 0 amide bonds. The number of aliphatic imine (C=N–C) groups is 1. The monoisotopic (exact) mass is 659 g/mol. The van der Waals surface area contributed by atoms with Gasteiger partial charge < -0.3 is 20.2 Å². The topological polar surface area (TPSA) is 43.4 Å². The lowest BCUT2D eigenvalue weighted by atomic mass is 10.0. The van der Waals surface area contributed by atoms with E-state index in [2.05, 4.69) is 155 Å². The van der Waals surface area contributed by atoms with E-state index in [0.29, 0.717) is 0 Å². The Hall–Kier alpha value is -6.01. The highest BCUT2D eigenvalue weighted by molar-refractivity contribution is 7.25. The Morgan fingerprint density at radius 3 is 1.96 bits per heavy atom. The van der Waals surface area contributed by atoms with Gasteiger partial charge in [0.15, 0.2) is 0 Å². The van der Waals surface area contributed by atoms with Gasteiger partial charge in [0.25, 0.3) is 0 Å². The molecule has 1 aliphatic rings. The van der Waals surface area contributed by atoms with Crippen LogP contribution in [0.4, 0.5) is 0 Å². The van der Waals surface area contributed by atoms with Gasteiger partial charge in [-0.1, -0.05) is 133 Å². The highest BCUT2D eigenvalue weighted by Gasteiger charge is 2.20. The molecule has 2 aromatic heterocycles. The average molecular weight is 660 g/mol. The molecule has 50 heavy (non-hydrogen) atoms. The number of hydrogen-bond donors (Lipinski definition) is 1. The van der Waals surface area contributed by atoms with Crippen molar-refractivity contribution in [3.8, 4) is 16.8 Å². The molecule has 0 bridgehead atoms. The average Bonchev–Trinajstić information content (AvgIpc) is 3.72. The molecule has 0 saturated carbocycles. The van der Waals surface area contributed by atoms with Gasteiger partial charge in [-0.3, -0.25) is 0 Å². The fourth-order valence-electron chi connectivity index (χ4n) is 7.35. The first kappa shape index (κ1) is 29.0. The zero-order valence-electron chi connectivity index (χ0n) is 27.1. The second-order valence-electron chi connectivity index (χ2n) is 12.8. The molecule has 1 N–H and O–H groups in total. The maximum Gasteiger partial charge on any atom is 0.0548 e. The first-order valence-electron chi connectivity index (χ1n) is 17.0. The Balaban J connectivity index is 1.12. The number of amidine groups is 1. The van der Waals surface area contributed by atoms with E-state index in [0.717, 1.165) is 28.2 Å². The van der Waals surface area contributed by atoms with Crippen LogP contribution in [0.25, 0.3) is 64.1 Å². The summed E-state index contributed by atoms with van der Waals surface area (Å²) in [6.07, 6.45) is -0.446. The van der Waals surface area contributed by atoms with Gasteiger partial charge in [0.2, 0.25) is 0 Å². The third kappa shape index (κ3) is 4.90. The van der Waals surface area contributed by atoms with Crippen LogP contribution < -0.4 is 5.32 Å². The predicted octanol–water partition coefficient (Wildman–Crippen LogP) is 11.9. The molecule has 9 aromatic rings. The van der Waals surface area contributed by atoms with E-state index < -0.39 is 0 Å². The van der Waals surface area contributed by atoms with E-state index >= 15 is 0 Å². The molecule has 0 spiro atoms. The Bertz CT molecular complexity index is 2690. The Morgan fingerprint density at radius 1 is 0.500 bits per heavy atom. The zero-order valence-corrected chi connectivity index (χ0v) is 27.9. The molecule has 5 heteroatoms. The zero-order chi connectivity index (χ0) is 33.0. The van der Waals surface area contributed by atoms with Crippen LogP contribution in [0.2, 0.25) is 0 Å². The lowest BCUT2D eigenvalue weighted by Gasteiger charge is -2.40. The summed E-state index contributed by atoms with van der Waals surface area (Å²) >= 11 is 1.87. The van der Waals surface area contributed by atoms with E-state index in [9.17, 15) is 0 Å². The van der Waals surface area contributed by atoms with Gasteiger partial charge in [0, 0.05) is 49.0 Å². The van der Waals surface area contributed by atoms with Crippen molar-refractivity contribution in [2.24, 2.45) is 4.99 Å². The molecule has 0 fully saturated rings. The first-order chi connectivity index (χ1) is 24.8. The lowest BCUT2D eigenvalue weighted by Crippen LogP contribution is -2.31. The summed E-state index contributed by atoms with van der Waals surface area (Å²) in [5.74, 6) is 0.760. The van der Waals surface area contributed by atoms with Crippen molar-refractivity contribution in [3.05, 3.63) is 192 Å². The Kier molecular flexibility index (Phi) is 6.86. The second kappa shape index (κ2) is 11.8. The normalized spacial score (nSPS) is 16.2. The third-order valence-electron chi connectivity index (χ3n) is 9.80. The highest BCUT2D eigenvalue weighted by atomic mass is 32.1. The summed E-state index contributed by atoms with van der Waals surface area (Å²) in [7, 11) is 0. The molecule has 4 nitrogen and oxygen atoms in total. The number of rotatable bonds is 5. The number of nitrogens with one attached hydrogen (secondary N) is 1. The van der Waals surface area contributed by atoms with Gasteiger partial charge in [-0.25, -0.2) is 0 Å². The minimum Gasteiger partial charge on any atom is -0.445 e. The van der Waals surface area contributed by atoms with Crippen LogP contribution in [-0.4, -0.2) is 10.4 Å². The minimum atomic E-state index is -0.245. The quantitative estimate of drug-likeness (QED) is 0.196. The molecule has 0 radical (unpaired) electrons. The van der Waals surface area contributed by atoms with Crippen molar-refractivity contribution in [2.75, 3.05) is 0 Å². The predicted molar refractivity (Wildman–Crippen MR) is 211 cm³/mol. The second-order valence-corrected chi connectivity index (χ2v) is 13.9. The van der Waals surface area contributed by atoms with Crippen molar-refractivity contribution in [2.45, 2.75) is 12.3 Å². The third-order valence-corrected chi connectivity index (χ3v) is 10.9. The molecule has 7 aromatic carbocycles. The first-order valence-corrected chi connectivity index (χ1v) is 17.8. The van der Waals surface area contributed by atoms with Gasteiger partial charge in [-0.15, -0.1) is 11.3 Å². The van der Waals surface area contributed by atoms with E-state index in [-0.39, 0.29) is 12.3 Å².